The van der Waals surface area contributed by atoms with E-state index in [9.17, 15) is 4.79 Å². The van der Waals surface area contributed by atoms with Crippen LogP contribution in [0.5, 0.6) is 0 Å². The van der Waals surface area contributed by atoms with Crippen LogP contribution in [0.4, 0.5) is 5.82 Å². The van der Waals surface area contributed by atoms with Crippen LogP contribution in [0.2, 0.25) is 5.15 Å². The summed E-state index contributed by atoms with van der Waals surface area (Å²) in [4.78, 5) is 16.2. The molecule has 1 fully saturated rings. The molecule has 16 heavy (non-hydrogen) atoms. The normalized spacial score (nSPS) is 20.8. The third kappa shape index (κ3) is 1.29. The summed E-state index contributed by atoms with van der Waals surface area (Å²) < 4.78 is 0. The molecule has 1 spiro atoms. The maximum absolute atomic E-state index is 12.0. The van der Waals surface area contributed by atoms with Crippen LogP contribution in [0.25, 0.3) is 0 Å². The molecule has 0 saturated heterocycles. The molecule has 3 rings (SSSR count). The second kappa shape index (κ2) is 3.10. The van der Waals surface area contributed by atoms with Gasteiger partial charge >= 0.3 is 0 Å². The molecule has 1 aromatic rings. The summed E-state index contributed by atoms with van der Waals surface area (Å²) >= 11 is 5.90. The summed E-state index contributed by atoms with van der Waals surface area (Å²) in [6, 6.07) is 1.71. The van der Waals surface area contributed by atoms with E-state index in [0.717, 1.165) is 24.8 Å². The number of nitrogens with zero attached hydrogens (tertiary/aromatic N) is 1. The van der Waals surface area contributed by atoms with Gasteiger partial charge in [-0.25, -0.2) is 4.98 Å². The number of nitrogens with one attached hydrogen (secondary N) is 2. The Kier molecular flexibility index (Phi) is 1.92. The molecular formula is C11H12ClN3O. The number of fused-ring (bicyclic) bond motifs is 1. The van der Waals surface area contributed by atoms with E-state index in [0.29, 0.717) is 16.5 Å². The van der Waals surface area contributed by atoms with Crippen LogP contribution in [0.1, 0.15) is 35.2 Å². The largest absolute Gasteiger partial charge is 0.347 e. The van der Waals surface area contributed by atoms with E-state index in [1.807, 2.05) is 6.92 Å². The van der Waals surface area contributed by atoms with Crippen LogP contribution in [-0.4, -0.2) is 16.6 Å². The summed E-state index contributed by atoms with van der Waals surface area (Å²) in [6.07, 6.45) is 3.03. The monoisotopic (exact) mass is 237 g/mol. The second-order valence-electron chi connectivity index (χ2n) is 4.50. The number of rotatable bonds is 0. The Morgan fingerprint density at radius 2 is 2.19 bits per heavy atom. The number of hydrogen-bond donors (Lipinski definition) is 2. The van der Waals surface area contributed by atoms with Gasteiger partial charge in [0, 0.05) is 0 Å². The van der Waals surface area contributed by atoms with Crippen molar-refractivity contribution in [2.45, 2.75) is 31.8 Å². The first-order chi connectivity index (χ1) is 7.60. The number of pyridine rings is 1. The first kappa shape index (κ1) is 9.90. The van der Waals surface area contributed by atoms with E-state index in [1.165, 1.54) is 0 Å². The van der Waals surface area contributed by atoms with Gasteiger partial charge in [-0.05, 0) is 37.8 Å². The average molecular weight is 238 g/mol. The molecule has 2 heterocycles. The Morgan fingerprint density at radius 3 is 2.81 bits per heavy atom. The topological polar surface area (TPSA) is 54.0 Å². The minimum Gasteiger partial charge on any atom is -0.347 e. The predicted molar refractivity (Wildman–Crippen MR) is 61.7 cm³/mol. The Balaban J connectivity index is 2.11. The number of halogens is 1. The molecule has 1 aliphatic heterocycles. The van der Waals surface area contributed by atoms with Gasteiger partial charge in [0.1, 0.15) is 16.6 Å². The molecule has 1 amide bonds. The van der Waals surface area contributed by atoms with E-state index in [2.05, 4.69) is 15.6 Å². The van der Waals surface area contributed by atoms with Crippen molar-refractivity contribution in [1.82, 2.24) is 10.3 Å². The van der Waals surface area contributed by atoms with Crippen LogP contribution in [0, 0.1) is 6.92 Å². The van der Waals surface area contributed by atoms with Crippen molar-refractivity contribution in [2.75, 3.05) is 5.32 Å². The van der Waals surface area contributed by atoms with Crippen molar-refractivity contribution < 1.29 is 4.79 Å². The minimum atomic E-state index is -0.270. The van der Waals surface area contributed by atoms with Gasteiger partial charge in [0.25, 0.3) is 5.91 Å². The Labute approximate surface area is 98.4 Å². The fourth-order valence-corrected chi connectivity index (χ4v) is 2.58. The van der Waals surface area contributed by atoms with Gasteiger partial charge in [-0.3, -0.25) is 4.79 Å². The molecule has 84 valence electrons. The van der Waals surface area contributed by atoms with Gasteiger partial charge in [-0.1, -0.05) is 11.6 Å². The molecule has 0 unspecified atom stereocenters. The van der Waals surface area contributed by atoms with Crippen molar-refractivity contribution >= 4 is 23.3 Å². The molecule has 0 bridgehead atoms. The number of amides is 1. The number of anilines is 1. The van der Waals surface area contributed by atoms with Crippen molar-refractivity contribution in [3.63, 3.8) is 0 Å². The summed E-state index contributed by atoms with van der Waals surface area (Å²) in [5.41, 5.74) is 1.20. The highest BCUT2D eigenvalue weighted by molar-refractivity contribution is 6.29. The molecule has 1 aromatic heterocycles. The Bertz CT molecular complexity index is 482. The van der Waals surface area contributed by atoms with Crippen molar-refractivity contribution in [1.29, 1.82) is 0 Å². The van der Waals surface area contributed by atoms with Crippen LogP contribution in [0.3, 0.4) is 0 Å². The lowest BCUT2D eigenvalue weighted by Gasteiger charge is -2.46. The Morgan fingerprint density at radius 1 is 1.44 bits per heavy atom. The van der Waals surface area contributed by atoms with Gasteiger partial charge in [-0.2, -0.15) is 0 Å². The SMILES string of the molecule is Cc1cc(Cl)nc2c1C(=O)NC1(CCC1)N2. The van der Waals surface area contributed by atoms with Crippen molar-refractivity contribution in [2.24, 2.45) is 0 Å². The summed E-state index contributed by atoms with van der Waals surface area (Å²) in [7, 11) is 0. The van der Waals surface area contributed by atoms with Gasteiger partial charge in [0.05, 0.1) is 5.56 Å². The van der Waals surface area contributed by atoms with E-state index in [1.54, 1.807) is 6.07 Å². The zero-order chi connectivity index (χ0) is 11.3. The van der Waals surface area contributed by atoms with E-state index in [4.69, 9.17) is 11.6 Å². The fraction of sp³-hybridized carbons (Fsp3) is 0.455. The van der Waals surface area contributed by atoms with Crippen LogP contribution < -0.4 is 10.6 Å². The maximum atomic E-state index is 12.0. The number of carbonyl (C=O) groups excluding carboxylic acids is 1. The van der Waals surface area contributed by atoms with Gasteiger partial charge < -0.3 is 10.6 Å². The lowest BCUT2D eigenvalue weighted by Crippen LogP contribution is -2.62. The summed E-state index contributed by atoms with van der Waals surface area (Å²) in [5, 5.41) is 6.73. The molecule has 1 aliphatic carbocycles. The quantitative estimate of drug-likeness (QED) is 0.680. The predicted octanol–water partition coefficient (Wildman–Crippen LogP) is 2.08. The highest BCUT2D eigenvalue weighted by Gasteiger charge is 2.43. The third-order valence-corrected chi connectivity index (χ3v) is 3.52. The Hall–Kier alpha value is -1.29. The first-order valence-corrected chi connectivity index (χ1v) is 5.75. The second-order valence-corrected chi connectivity index (χ2v) is 4.89. The number of carbonyl (C=O) groups is 1. The highest BCUT2D eigenvalue weighted by Crippen LogP contribution is 2.37. The number of aryl methyl sites for hydroxylation is 1. The lowest BCUT2D eigenvalue weighted by molar-refractivity contribution is 0.0842. The molecule has 2 aliphatic rings. The molecule has 2 N–H and O–H groups in total. The standard InChI is InChI=1S/C11H12ClN3O/c1-6-5-7(12)13-9-8(6)10(16)15-11(14-9)3-2-4-11/h5H,2-4H2,1H3,(H,13,14)(H,15,16). The zero-order valence-electron chi connectivity index (χ0n) is 8.93. The molecule has 0 aromatic carbocycles. The van der Waals surface area contributed by atoms with Crippen molar-refractivity contribution in [3.8, 4) is 0 Å². The smallest absolute Gasteiger partial charge is 0.257 e. The number of aromatic nitrogens is 1. The van der Waals surface area contributed by atoms with E-state index < -0.39 is 0 Å². The van der Waals surface area contributed by atoms with E-state index in [-0.39, 0.29) is 11.6 Å². The van der Waals surface area contributed by atoms with E-state index >= 15 is 0 Å². The zero-order valence-corrected chi connectivity index (χ0v) is 9.69. The van der Waals surface area contributed by atoms with Gasteiger partial charge in [-0.15, -0.1) is 0 Å². The maximum Gasteiger partial charge on any atom is 0.257 e. The molecular weight excluding hydrogens is 226 g/mol. The minimum absolute atomic E-state index is 0.0462. The highest BCUT2D eigenvalue weighted by atomic mass is 35.5. The fourth-order valence-electron chi connectivity index (χ4n) is 2.33. The average Bonchev–Trinajstić information content (AvgIpc) is 2.13. The molecule has 5 heteroatoms. The number of hydrogen-bond acceptors (Lipinski definition) is 3. The summed E-state index contributed by atoms with van der Waals surface area (Å²) in [5.74, 6) is 0.573. The molecule has 1 saturated carbocycles. The van der Waals surface area contributed by atoms with Crippen LogP contribution in [0.15, 0.2) is 6.07 Å². The van der Waals surface area contributed by atoms with Gasteiger partial charge in [0.15, 0.2) is 0 Å². The third-order valence-electron chi connectivity index (χ3n) is 3.33. The molecule has 0 radical (unpaired) electrons. The van der Waals surface area contributed by atoms with Crippen LogP contribution >= 0.6 is 11.6 Å². The van der Waals surface area contributed by atoms with Gasteiger partial charge in [0.2, 0.25) is 0 Å². The summed E-state index contributed by atoms with van der Waals surface area (Å²) in [6.45, 7) is 1.87. The molecule has 0 atom stereocenters. The lowest BCUT2D eigenvalue weighted by atomic mass is 9.83. The van der Waals surface area contributed by atoms with Crippen molar-refractivity contribution in [3.05, 3.63) is 22.3 Å². The molecule has 4 nitrogen and oxygen atoms in total. The van der Waals surface area contributed by atoms with Crippen LogP contribution in [-0.2, 0) is 0 Å². The first-order valence-electron chi connectivity index (χ1n) is 5.37.